The van der Waals surface area contributed by atoms with Crippen molar-refractivity contribution in [3.63, 3.8) is 0 Å². The SMILES string of the molecule is CCOc1cc(CNC(C)(C)CO)ccc1OCCO. The lowest BCUT2D eigenvalue weighted by molar-refractivity contribution is 0.187. The maximum absolute atomic E-state index is 9.22. The zero-order chi connectivity index (χ0) is 15.0. The molecule has 0 unspecified atom stereocenters. The van der Waals surface area contributed by atoms with Gasteiger partial charge in [0.25, 0.3) is 0 Å². The lowest BCUT2D eigenvalue weighted by atomic mass is 10.1. The number of hydrogen-bond donors (Lipinski definition) is 3. The summed E-state index contributed by atoms with van der Waals surface area (Å²) in [5.74, 6) is 1.30. The molecule has 5 heteroatoms. The van der Waals surface area contributed by atoms with Gasteiger partial charge < -0.3 is 25.0 Å². The van der Waals surface area contributed by atoms with Crippen LogP contribution in [0, 0.1) is 0 Å². The van der Waals surface area contributed by atoms with Gasteiger partial charge in [0.2, 0.25) is 0 Å². The molecule has 0 aliphatic carbocycles. The molecule has 0 aliphatic rings. The number of hydrogen-bond acceptors (Lipinski definition) is 5. The van der Waals surface area contributed by atoms with Crippen LogP contribution in [0.2, 0.25) is 0 Å². The van der Waals surface area contributed by atoms with Gasteiger partial charge in [0, 0.05) is 12.1 Å². The fourth-order valence-electron chi connectivity index (χ4n) is 1.60. The third kappa shape index (κ3) is 5.36. The Morgan fingerprint density at radius 1 is 1.15 bits per heavy atom. The van der Waals surface area contributed by atoms with Crippen molar-refractivity contribution >= 4 is 0 Å². The maximum atomic E-state index is 9.22. The average Bonchev–Trinajstić information content (AvgIpc) is 2.44. The van der Waals surface area contributed by atoms with Gasteiger partial charge in [0.05, 0.1) is 19.8 Å². The van der Waals surface area contributed by atoms with Crippen LogP contribution >= 0.6 is 0 Å². The predicted octanol–water partition coefficient (Wildman–Crippen LogP) is 1.32. The first-order valence-corrected chi connectivity index (χ1v) is 6.87. The lowest BCUT2D eigenvalue weighted by Gasteiger charge is -2.24. The van der Waals surface area contributed by atoms with Gasteiger partial charge in [0.1, 0.15) is 6.61 Å². The van der Waals surface area contributed by atoms with Crippen molar-refractivity contribution in [1.29, 1.82) is 0 Å². The van der Waals surface area contributed by atoms with Crippen LogP contribution in [0.3, 0.4) is 0 Å². The average molecular weight is 283 g/mol. The van der Waals surface area contributed by atoms with E-state index in [1.807, 2.05) is 39.0 Å². The van der Waals surface area contributed by atoms with Crippen molar-refractivity contribution in [3.8, 4) is 11.5 Å². The molecule has 0 radical (unpaired) electrons. The van der Waals surface area contributed by atoms with E-state index in [1.54, 1.807) is 0 Å². The van der Waals surface area contributed by atoms with Crippen molar-refractivity contribution in [2.24, 2.45) is 0 Å². The monoisotopic (exact) mass is 283 g/mol. The Hall–Kier alpha value is -1.30. The minimum atomic E-state index is -0.322. The molecule has 0 amide bonds. The van der Waals surface area contributed by atoms with Gasteiger partial charge in [-0.25, -0.2) is 0 Å². The van der Waals surface area contributed by atoms with Crippen molar-refractivity contribution in [2.45, 2.75) is 32.9 Å². The second kappa shape index (κ2) is 8.09. The Kier molecular flexibility index (Phi) is 6.78. The van der Waals surface area contributed by atoms with Crippen LogP contribution in [0.25, 0.3) is 0 Å². The van der Waals surface area contributed by atoms with Gasteiger partial charge in [-0.2, -0.15) is 0 Å². The van der Waals surface area contributed by atoms with E-state index in [9.17, 15) is 5.11 Å². The molecule has 0 fully saturated rings. The predicted molar refractivity (Wildman–Crippen MR) is 78.2 cm³/mol. The van der Waals surface area contributed by atoms with Gasteiger partial charge in [-0.3, -0.25) is 0 Å². The summed E-state index contributed by atoms with van der Waals surface area (Å²) in [6, 6.07) is 5.69. The van der Waals surface area contributed by atoms with Crippen LogP contribution in [-0.2, 0) is 6.54 Å². The fraction of sp³-hybridized carbons (Fsp3) is 0.600. The molecule has 0 atom stereocenters. The van der Waals surface area contributed by atoms with E-state index in [0.29, 0.717) is 24.7 Å². The first-order valence-electron chi connectivity index (χ1n) is 6.87. The zero-order valence-corrected chi connectivity index (χ0v) is 12.5. The van der Waals surface area contributed by atoms with Crippen molar-refractivity contribution in [2.75, 3.05) is 26.4 Å². The van der Waals surface area contributed by atoms with Crippen LogP contribution < -0.4 is 14.8 Å². The first kappa shape index (κ1) is 16.8. The minimum Gasteiger partial charge on any atom is -0.490 e. The van der Waals surface area contributed by atoms with Gasteiger partial charge in [-0.1, -0.05) is 6.07 Å². The Balaban J connectivity index is 2.76. The molecule has 0 spiro atoms. The molecule has 0 bridgehead atoms. The van der Waals surface area contributed by atoms with E-state index in [0.717, 1.165) is 5.56 Å². The van der Waals surface area contributed by atoms with E-state index < -0.39 is 0 Å². The molecule has 114 valence electrons. The molecular formula is C15H25NO4. The second-order valence-electron chi connectivity index (χ2n) is 5.18. The Bertz CT molecular complexity index is 407. The van der Waals surface area contributed by atoms with Crippen LogP contribution in [0.5, 0.6) is 11.5 Å². The number of benzene rings is 1. The Morgan fingerprint density at radius 2 is 1.90 bits per heavy atom. The highest BCUT2D eigenvalue weighted by molar-refractivity contribution is 5.43. The number of nitrogens with one attached hydrogen (secondary N) is 1. The smallest absolute Gasteiger partial charge is 0.161 e. The first-order chi connectivity index (χ1) is 9.52. The number of ether oxygens (including phenoxy) is 2. The number of rotatable bonds is 9. The Morgan fingerprint density at radius 3 is 2.50 bits per heavy atom. The van der Waals surface area contributed by atoms with Crippen LogP contribution in [0.15, 0.2) is 18.2 Å². The normalized spacial score (nSPS) is 11.4. The van der Waals surface area contributed by atoms with Crippen molar-refractivity contribution < 1.29 is 19.7 Å². The summed E-state index contributed by atoms with van der Waals surface area (Å²) in [5, 5.41) is 21.3. The van der Waals surface area contributed by atoms with E-state index >= 15 is 0 Å². The van der Waals surface area contributed by atoms with Gasteiger partial charge in [-0.15, -0.1) is 0 Å². The topological polar surface area (TPSA) is 71.0 Å². The summed E-state index contributed by atoms with van der Waals surface area (Å²) in [4.78, 5) is 0. The van der Waals surface area contributed by atoms with Crippen molar-refractivity contribution in [3.05, 3.63) is 23.8 Å². The summed E-state index contributed by atoms with van der Waals surface area (Å²) in [7, 11) is 0. The van der Waals surface area contributed by atoms with Crippen LogP contribution in [0.4, 0.5) is 0 Å². The molecule has 0 saturated carbocycles. The molecule has 0 aliphatic heterocycles. The third-order valence-corrected chi connectivity index (χ3v) is 2.82. The summed E-state index contributed by atoms with van der Waals surface area (Å²) < 4.78 is 11.0. The zero-order valence-electron chi connectivity index (χ0n) is 12.5. The molecule has 20 heavy (non-hydrogen) atoms. The molecule has 1 aromatic carbocycles. The largest absolute Gasteiger partial charge is 0.490 e. The van der Waals surface area contributed by atoms with E-state index in [2.05, 4.69) is 5.32 Å². The summed E-state index contributed by atoms with van der Waals surface area (Å²) in [6.45, 7) is 7.26. The highest BCUT2D eigenvalue weighted by Crippen LogP contribution is 2.28. The van der Waals surface area contributed by atoms with Gasteiger partial charge in [0.15, 0.2) is 11.5 Å². The molecular weight excluding hydrogens is 258 g/mol. The number of aliphatic hydroxyl groups excluding tert-OH is 2. The molecule has 0 heterocycles. The standard InChI is InChI=1S/C15H25NO4/c1-4-19-14-9-12(10-16-15(2,3)11-18)5-6-13(14)20-8-7-17/h5-6,9,16-18H,4,7-8,10-11H2,1-3H3. The molecule has 0 aromatic heterocycles. The molecule has 5 nitrogen and oxygen atoms in total. The van der Waals surface area contributed by atoms with Crippen LogP contribution in [-0.4, -0.2) is 42.2 Å². The van der Waals surface area contributed by atoms with E-state index in [1.165, 1.54) is 0 Å². The van der Waals surface area contributed by atoms with Crippen molar-refractivity contribution in [1.82, 2.24) is 5.32 Å². The highest BCUT2D eigenvalue weighted by Gasteiger charge is 2.15. The van der Waals surface area contributed by atoms with Crippen LogP contribution in [0.1, 0.15) is 26.3 Å². The lowest BCUT2D eigenvalue weighted by Crippen LogP contribution is -2.42. The molecule has 1 rings (SSSR count). The van der Waals surface area contributed by atoms with Gasteiger partial charge >= 0.3 is 0 Å². The highest BCUT2D eigenvalue weighted by atomic mass is 16.5. The minimum absolute atomic E-state index is 0.0282. The summed E-state index contributed by atoms with van der Waals surface area (Å²) in [6.07, 6.45) is 0. The maximum Gasteiger partial charge on any atom is 0.161 e. The van der Waals surface area contributed by atoms with Gasteiger partial charge in [-0.05, 0) is 38.5 Å². The quantitative estimate of drug-likeness (QED) is 0.637. The molecule has 1 aromatic rings. The fourth-order valence-corrected chi connectivity index (χ4v) is 1.60. The number of aliphatic hydroxyl groups is 2. The third-order valence-electron chi connectivity index (χ3n) is 2.82. The van der Waals surface area contributed by atoms with E-state index in [4.69, 9.17) is 14.6 Å². The molecule has 3 N–H and O–H groups in total. The van der Waals surface area contributed by atoms with E-state index in [-0.39, 0.29) is 25.4 Å². The summed E-state index contributed by atoms with van der Waals surface area (Å²) in [5.41, 5.74) is 0.726. The summed E-state index contributed by atoms with van der Waals surface area (Å²) >= 11 is 0. The second-order valence-corrected chi connectivity index (χ2v) is 5.18. The Labute approximate surface area is 120 Å². The molecule has 0 saturated heterocycles.